The first-order chi connectivity index (χ1) is 10.6. The number of nitrogens with zero attached hydrogens (tertiary/aromatic N) is 1. The maximum absolute atomic E-state index is 5.98. The van der Waals surface area contributed by atoms with Crippen LogP contribution in [-0.4, -0.2) is 12.8 Å². The molecule has 2 aromatic rings. The van der Waals surface area contributed by atoms with Crippen molar-refractivity contribution in [3.8, 4) is 11.5 Å². The summed E-state index contributed by atoms with van der Waals surface area (Å²) in [5.41, 5.74) is 1.81. The van der Waals surface area contributed by atoms with E-state index in [1.165, 1.54) is 0 Å². The van der Waals surface area contributed by atoms with E-state index >= 15 is 0 Å². The van der Waals surface area contributed by atoms with E-state index in [1.807, 2.05) is 43.3 Å². The summed E-state index contributed by atoms with van der Waals surface area (Å²) in [5, 5.41) is 4.20. The molecule has 0 heterocycles. The number of hydrogen-bond donors (Lipinski definition) is 1. The van der Waals surface area contributed by atoms with Crippen LogP contribution in [0.4, 0.5) is 0 Å². The van der Waals surface area contributed by atoms with Crippen molar-refractivity contribution in [2.45, 2.75) is 13.5 Å². The van der Waals surface area contributed by atoms with Crippen LogP contribution >= 0.6 is 27.5 Å². The van der Waals surface area contributed by atoms with Crippen molar-refractivity contribution in [2.75, 3.05) is 6.61 Å². The molecule has 2 rings (SSSR count). The van der Waals surface area contributed by atoms with Crippen LogP contribution in [0.15, 0.2) is 46.0 Å². The Balaban J connectivity index is 2.25. The molecular formula is C16H16BrClN2O2. The standard InChI is InChI=1S/C16H16BrClN2O2/c1-2-21-15-8-12(9-20-19)7-14(17)16(15)22-10-11-4-3-5-13(18)6-11/h3-9H,2,10,19H2,1H3. The molecule has 0 unspecified atom stereocenters. The average molecular weight is 384 g/mol. The monoisotopic (exact) mass is 382 g/mol. The molecule has 2 N–H and O–H groups in total. The number of nitrogens with two attached hydrogens (primary N) is 1. The van der Waals surface area contributed by atoms with E-state index in [0.717, 1.165) is 15.6 Å². The Hall–Kier alpha value is -1.72. The van der Waals surface area contributed by atoms with E-state index in [-0.39, 0.29) is 0 Å². The summed E-state index contributed by atoms with van der Waals surface area (Å²) in [5.74, 6) is 6.46. The van der Waals surface area contributed by atoms with Crippen LogP contribution in [0.1, 0.15) is 18.1 Å². The molecule has 116 valence electrons. The predicted molar refractivity (Wildman–Crippen MR) is 92.9 cm³/mol. The third kappa shape index (κ3) is 4.39. The fourth-order valence-corrected chi connectivity index (χ4v) is 2.72. The molecule has 0 saturated heterocycles. The third-order valence-electron chi connectivity index (χ3n) is 2.83. The highest BCUT2D eigenvalue weighted by Gasteiger charge is 2.12. The van der Waals surface area contributed by atoms with Gasteiger partial charge in [-0.1, -0.05) is 23.7 Å². The quantitative estimate of drug-likeness (QED) is 0.458. The molecule has 4 nitrogen and oxygen atoms in total. The van der Waals surface area contributed by atoms with Crippen LogP contribution in [0.3, 0.4) is 0 Å². The molecule has 6 heteroatoms. The van der Waals surface area contributed by atoms with Crippen molar-refractivity contribution in [3.63, 3.8) is 0 Å². The molecule has 0 radical (unpaired) electrons. The first-order valence-electron chi connectivity index (χ1n) is 6.71. The molecule has 0 aromatic heterocycles. The largest absolute Gasteiger partial charge is 0.490 e. The van der Waals surface area contributed by atoms with Crippen LogP contribution in [0.2, 0.25) is 5.02 Å². The fraction of sp³-hybridized carbons (Fsp3) is 0.188. The van der Waals surface area contributed by atoms with E-state index < -0.39 is 0 Å². The fourth-order valence-electron chi connectivity index (χ4n) is 1.93. The Bertz CT molecular complexity index is 677. The van der Waals surface area contributed by atoms with Gasteiger partial charge in [-0.2, -0.15) is 5.10 Å². The third-order valence-corrected chi connectivity index (χ3v) is 3.65. The predicted octanol–water partition coefficient (Wildman–Crippen LogP) is 4.37. The summed E-state index contributed by atoms with van der Waals surface area (Å²) < 4.78 is 12.3. The van der Waals surface area contributed by atoms with E-state index in [4.69, 9.17) is 26.9 Å². The number of ether oxygens (including phenoxy) is 2. The van der Waals surface area contributed by atoms with Crippen LogP contribution in [0.25, 0.3) is 0 Å². The number of halogens is 2. The number of benzene rings is 2. The van der Waals surface area contributed by atoms with Gasteiger partial charge in [-0.15, -0.1) is 0 Å². The normalized spacial score (nSPS) is 10.9. The van der Waals surface area contributed by atoms with Gasteiger partial charge < -0.3 is 15.3 Å². The van der Waals surface area contributed by atoms with E-state index in [0.29, 0.717) is 29.7 Å². The molecule has 0 spiro atoms. The molecule has 0 fully saturated rings. The van der Waals surface area contributed by atoms with Gasteiger partial charge in [-0.3, -0.25) is 0 Å². The van der Waals surface area contributed by atoms with E-state index in [1.54, 1.807) is 6.21 Å². The lowest BCUT2D eigenvalue weighted by Gasteiger charge is -2.14. The van der Waals surface area contributed by atoms with Gasteiger partial charge in [-0.05, 0) is 58.2 Å². The van der Waals surface area contributed by atoms with Crippen LogP contribution in [0, 0.1) is 0 Å². The lowest BCUT2D eigenvalue weighted by Crippen LogP contribution is -2.01. The van der Waals surface area contributed by atoms with Crippen molar-refractivity contribution in [3.05, 3.63) is 57.0 Å². The highest BCUT2D eigenvalue weighted by molar-refractivity contribution is 9.10. The van der Waals surface area contributed by atoms with Gasteiger partial charge in [0.2, 0.25) is 0 Å². The molecule has 0 aliphatic rings. The molecule has 0 aliphatic heterocycles. The van der Waals surface area contributed by atoms with Gasteiger partial charge in [0, 0.05) is 5.02 Å². The molecule has 0 bridgehead atoms. The summed E-state index contributed by atoms with van der Waals surface area (Å²) in [6.07, 6.45) is 1.55. The van der Waals surface area contributed by atoms with Crippen molar-refractivity contribution >= 4 is 33.7 Å². The SMILES string of the molecule is CCOc1cc(C=NN)cc(Br)c1OCc1cccc(Cl)c1. The Morgan fingerprint density at radius 1 is 1.27 bits per heavy atom. The Kier molecular flexibility index (Phi) is 6.10. The van der Waals surface area contributed by atoms with Crippen molar-refractivity contribution in [1.82, 2.24) is 0 Å². The van der Waals surface area contributed by atoms with Crippen molar-refractivity contribution in [1.29, 1.82) is 0 Å². The molecule has 0 atom stereocenters. The second-order valence-corrected chi connectivity index (χ2v) is 5.75. The van der Waals surface area contributed by atoms with Gasteiger partial charge in [0.15, 0.2) is 11.5 Å². The zero-order chi connectivity index (χ0) is 15.9. The highest BCUT2D eigenvalue weighted by Crippen LogP contribution is 2.37. The second-order valence-electron chi connectivity index (χ2n) is 4.46. The van der Waals surface area contributed by atoms with Gasteiger partial charge in [0.25, 0.3) is 0 Å². The molecular weight excluding hydrogens is 368 g/mol. The number of hydrogen-bond acceptors (Lipinski definition) is 4. The maximum Gasteiger partial charge on any atom is 0.175 e. The summed E-state index contributed by atoms with van der Waals surface area (Å²) in [4.78, 5) is 0. The van der Waals surface area contributed by atoms with Gasteiger partial charge in [0.05, 0.1) is 17.3 Å². The lowest BCUT2D eigenvalue weighted by atomic mass is 10.2. The smallest absolute Gasteiger partial charge is 0.175 e. The summed E-state index contributed by atoms with van der Waals surface area (Å²) in [6, 6.07) is 11.2. The zero-order valence-electron chi connectivity index (χ0n) is 12.1. The Morgan fingerprint density at radius 3 is 2.77 bits per heavy atom. The van der Waals surface area contributed by atoms with Gasteiger partial charge in [-0.25, -0.2) is 0 Å². The Labute approximate surface area is 143 Å². The van der Waals surface area contributed by atoms with Crippen LogP contribution < -0.4 is 15.3 Å². The summed E-state index contributed by atoms with van der Waals surface area (Å²) in [6.45, 7) is 2.84. The Morgan fingerprint density at radius 2 is 2.09 bits per heavy atom. The van der Waals surface area contributed by atoms with Gasteiger partial charge >= 0.3 is 0 Å². The topological polar surface area (TPSA) is 56.8 Å². The second kappa shape index (κ2) is 8.06. The molecule has 0 aliphatic carbocycles. The summed E-state index contributed by atoms with van der Waals surface area (Å²) >= 11 is 9.47. The lowest BCUT2D eigenvalue weighted by molar-refractivity contribution is 0.267. The number of rotatable bonds is 6. The van der Waals surface area contributed by atoms with Crippen molar-refractivity contribution < 1.29 is 9.47 Å². The van der Waals surface area contributed by atoms with Crippen LogP contribution in [0.5, 0.6) is 11.5 Å². The minimum Gasteiger partial charge on any atom is -0.490 e. The maximum atomic E-state index is 5.98. The van der Waals surface area contributed by atoms with Crippen molar-refractivity contribution in [2.24, 2.45) is 10.9 Å². The average Bonchev–Trinajstić information content (AvgIpc) is 2.47. The van der Waals surface area contributed by atoms with E-state index in [9.17, 15) is 0 Å². The van der Waals surface area contributed by atoms with E-state index in [2.05, 4.69) is 21.0 Å². The molecule has 0 saturated carbocycles. The minimum atomic E-state index is 0.392. The molecule has 2 aromatic carbocycles. The molecule has 22 heavy (non-hydrogen) atoms. The zero-order valence-corrected chi connectivity index (χ0v) is 14.4. The first-order valence-corrected chi connectivity index (χ1v) is 7.88. The summed E-state index contributed by atoms with van der Waals surface area (Å²) in [7, 11) is 0. The van der Waals surface area contributed by atoms with Gasteiger partial charge in [0.1, 0.15) is 6.61 Å². The minimum absolute atomic E-state index is 0.392. The highest BCUT2D eigenvalue weighted by atomic mass is 79.9. The first kappa shape index (κ1) is 16.6. The van der Waals surface area contributed by atoms with Crippen LogP contribution in [-0.2, 0) is 6.61 Å². The molecule has 0 amide bonds. The number of hydrazone groups is 1.